The molecule has 1 fully saturated rings. The number of hydrogen-bond acceptors (Lipinski definition) is 3. The SMILES string of the molecule is CCCNc1ccc(C(=O)N2CCC(CC)(CC)C2)cn1. The summed E-state index contributed by atoms with van der Waals surface area (Å²) in [5.41, 5.74) is 1.02. The molecule has 2 heterocycles. The predicted octanol–water partition coefficient (Wildman–Crippen LogP) is 3.56. The van der Waals surface area contributed by atoms with Gasteiger partial charge in [-0.15, -0.1) is 0 Å². The quantitative estimate of drug-likeness (QED) is 0.871. The second-order valence-corrected chi connectivity index (χ2v) is 6.04. The minimum Gasteiger partial charge on any atom is -0.370 e. The molecule has 2 rings (SSSR count). The maximum Gasteiger partial charge on any atom is 0.255 e. The molecule has 1 aliphatic heterocycles. The first-order valence-corrected chi connectivity index (χ1v) is 8.13. The number of hydrogen-bond donors (Lipinski definition) is 1. The summed E-state index contributed by atoms with van der Waals surface area (Å²) in [6.45, 7) is 9.24. The van der Waals surface area contributed by atoms with Crippen LogP contribution < -0.4 is 5.32 Å². The second-order valence-electron chi connectivity index (χ2n) is 6.04. The van der Waals surface area contributed by atoms with Crippen LogP contribution in [0.25, 0.3) is 0 Å². The third kappa shape index (κ3) is 3.55. The van der Waals surface area contributed by atoms with Gasteiger partial charge in [-0.25, -0.2) is 4.98 Å². The molecular weight excluding hydrogens is 262 g/mol. The maximum absolute atomic E-state index is 12.6. The van der Waals surface area contributed by atoms with Gasteiger partial charge >= 0.3 is 0 Å². The Morgan fingerprint density at radius 2 is 2.10 bits per heavy atom. The molecule has 1 saturated heterocycles. The lowest BCUT2D eigenvalue weighted by Gasteiger charge is -2.26. The van der Waals surface area contributed by atoms with Gasteiger partial charge in [-0.1, -0.05) is 20.8 Å². The highest BCUT2D eigenvalue weighted by atomic mass is 16.2. The Labute approximate surface area is 127 Å². The number of nitrogens with zero attached hydrogens (tertiary/aromatic N) is 2. The first-order chi connectivity index (χ1) is 10.1. The standard InChI is InChI=1S/C17H27N3O/c1-4-10-18-15-8-7-14(12-19-15)16(21)20-11-9-17(5-2,6-3)13-20/h7-8,12H,4-6,9-11,13H2,1-3H3,(H,18,19). The molecule has 1 aromatic heterocycles. The van der Waals surface area contributed by atoms with E-state index in [2.05, 4.69) is 31.1 Å². The molecule has 0 bridgehead atoms. The largest absolute Gasteiger partial charge is 0.370 e. The Kier molecular flexibility index (Phi) is 5.21. The van der Waals surface area contributed by atoms with Crippen molar-refractivity contribution in [3.8, 4) is 0 Å². The molecule has 4 nitrogen and oxygen atoms in total. The Morgan fingerprint density at radius 3 is 2.62 bits per heavy atom. The van der Waals surface area contributed by atoms with Crippen LogP contribution in [0.1, 0.15) is 56.8 Å². The second kappa shape index (κ2) is 6.92. The van der Waals surface area contributed by atoms with Crippen molar-refractivity contribution in [2.45, 2.75) is 46.5 Å². The molecule has 0 spiro atoms. The molecule has 21 heavy (non-hydrogen) atoms. The zero-order chi connectivity index (χ0) is 15.3. The Bertz CT molecular complexity index is 465. The number of nitrogens with one attached hydrogen (secondary N) is 1. The predicted molar refractivity (Wildman–Crippen MR) is 86.6 cm³/mol. The monoisotopic (exact) mass is 289 g/mol. The Balaban J connectivity index is 2.00. The minimum absolute atomic E-state index is 0.119. The highest BCUT2D eigenvalue weighted by molar-refractivity contribution is 5.94. The van der Waals surface area contributed by atoms with E-state index in [1.807, 2.05) is 17.0 Å². The van der Waals surface area contributed by atoms with Gasteiger partial charge in [0, 0.05) is 25.8 Å². The summed E-state index contributed by atoms with van der Waals surface area (Å²) >= 11 is 0. The highest BCUT2D eigenvalue weighted by Crippen LogP contribution is 2.37. The van der Waals surface area contributed by atoms with Gasteiger partial charge < -0.3 is 10.2 Å². The van der Waals surface area contributed by atoms with Crippen LogP contribution in [0.4, 0.5) is 5.82 Å². The molecule has 0 radical (unpaired) electrons. The fraction of sp³-hybridized carbons (Fsp3) is 0.647. The highest BCUT2D eigenvalue weighted by Gasteiger charge is 2.37. The van der Waals surface area contributed by atoms with Crippen molar-refractivity contribution in [2.24, 2.45) is 5.41 Å². The number of amides is 1. The zero-order valence-corrected chi connectivity index (χ0v) is 13.5. The third-order valence-corrected chi connectivity index (χ3v) is 4.79. The summed E-state index contributed by atoms with van der Waals surface area (Å²) in [5, 5.41) is 3.23. The van der Waals surface area contributed by atoms with Crippen molar-refractivity contribution < 1.29 is 4.79 Å². The van der Waals surface area contributed by atoms with Gasteiger partial charge in [-0.3, -0.25) is 4.79 Å². The number of carbonyl (C=O) groups is 1. The van der Waals surface area contributed by atoms with Crippen molar-refractivity contribution in [1.29, 1.82) is 0 Å². The summed E-state index contributed by atoms with van der Waals surface area (Å²) in [6.07, 6.45) is 6.16. The van der Waals surface area contributed by atoms with Crippen molar-refractivity contribution in [3.05, 3.63) is 23.9 Å². The van der Waals surface area contributed by atoms with E-state index in [-0.39, 0.29) is 5.91 Å². The fourth-order valence-electron chi connectivity index (χ4n) is 3.00. The molecule has 1 aromatic rings. The van der Waals surface area contributed by atoms with Crippen molar-refractivity contribution in [3.63, 3.8) is 0 Å². The molecule has 0 atom stereocenters. The summed E-state index contributed by atoms with van der Waals surface area (Å²) in [5.74, 6) is 0.958. The Hall–Kier alpha value is -1.58. The van der Waals surface area contributed by atoms with Crippen LogP contribution in [0.2, 0.25) is 0 Å². The van der Waals surface area contributed by atoms with Gasteiger partial charge in [-0.05, 0) is 43.2 Å². The number of carbonyl (C=O) groups excluding carboxylic acids is 1. The lowest BCUT2D eigenvalue weighted by atomic mass is 9.82. The average molecular weight is 289 g/mol. The van der Waals surface area contributed by atoms with Crippen LogP contribution in [0.15, 0.2) is 18.3 Å². The molecule has 4 heteroatoms. The van der Waals surface area contributed by atoms with Gasteiger partial charge in [-0.2, -0.15) is 0 Å². The van der Waals surface area contributed by atoms with E-state index in [9.17, 15) is 4.79 Å². The van der Waals surface area contributed by atoms with Crippen molar-refractivity contribution in [2.75, 3.05) is 25.0 Å². The fourth-order valence-corrected chi connectivity index (χ4v) is 3.00. The maximum atomic E-state index is 12.6. The molecule has 1 N–H and O–H groups in total. The molecule has 0 unspecified atom stereocenters. The van der Waals surface area contributed by atoms with Crippen LogP contribution >= 0.6 is 0 Å². The smallest absolute Gasteiger partial charge is 0.255 e. The van der Waals surface area contributed by atoms with E-state index in [1.165, 1.54) is 0 Å². The molecule has 0 saturated carbocycles. The number of pyridine rings is 1. The Morgan fingerprint density at radius 1 is 1.33 bits per heavy atom. The van der Waals surface area contributed by atoms with Gasteiger partial charge in [0.15, 0.2) is 0 Å². The molecule has 1 aliphatic rings. The number of anilines is 1. The molecular formula is C17H27N3O. The average Bonchev–Trinajstić information content (AvgIpc) is 2.98. The molecule has 116 valence electrons. The summed E-state index contributed by atoms with van der Waals surface area (Å²) in [4.78, 5) is 18.9. The minimum atomic E-state index is 0.119. The van der Waals surface area contributed by atoms with Crippen LogP contribution in [-0.2, 0) is 0 Å². The van der Waals surface area contributed by atoms with Gasteiger partial charge in [0.1, 0.15) is 5.82 Å². The summed E-state index contributed by atoms with van der Waals surface area (Å²) in [7, 11) is 0. The van der Waals surface area contributed by atoms with E-state index in [4.69, 9.17) is 0 Å². The van der Waals surface area contributed by atoms with Crippen LogP contribution in [0.5, 0.6) is 0 Å². The van der Waals surface area contributed by atoms with E-state index < -0.39 is 0 Å². The van der Waals surface area contributed by atoms with Gasteiger partial charge in [0.25, 0.3) is 5.91 Å². The number of rotatable bonds is 6. The van der Waals surface area contributed by atoms with Crippen LogP contribution in [0, 0.1) is 5.41 Å². The first-order valence-electron chi connectivity index (χ1n) is 8.13. The number of aromatic nitrogens is 1. The lowest BCUT2D eigenvalue weighted by Crippen LogP contribution is -2.31. The van der Waals surface area contributed by atoms with Crippen molar-refractivity contribution in [1.82, 2.24) is 9.88 Å². The van der Waals surface area contributed by atoms with E-state index >= 15 is 0 Å². The molecule has 0 aliphatic carbocycles. The van der Waals surface area contributed by atoms with E-state index in [1.54, 1.807) is 6.20 Å². The summed E-state index contributed by atoms with van der Waals surface area (Å²) in [6, 6.07) is 3.77. The third-order valence-electron chi connectivity index (χ3n) is 4.79. The zero-order valence-electron chi connectivity index (χ0n) is 13.5. The number of likely N-dealkylation sites (tertiary alicyclic amines) is 1. The van der Waals surface area contributed by atoms with Gasteiger partial charge in [0.05, 0.1) is 5.56 Å². The normalized spacial score (nSPS) is 17.0. The van der Waals surface area contributed by atoms with Crippen LogP contribution in [0.3, 0.4) is 0 Å². The van der Waals surface area contributed by atoms with Crippen LogP contribution in [-0.4, -0.2) is 35.4 Å². The van der Waals surface area contributed by atoms with E-state index in [0.29, 0.717) is 11.0 Å². The first kappa shape index (κ1) is 15.8. The van der Waals surface area contributed by atoms with Crippen molar-refractivity contribution >= 4 is 11.7 Å². The van der Waals surface area contributed by atoms with E-state index in [0.717, 1.165) is 51.1 Å². The topological polar surface area (TPSA) is 45.2 Å². The molecule has 0 aromatic carbocycles. The molecule has 1 amide bonds. The summed E-state index contributed by atoms with van der Waals surface area (Å²) < 4.78 is 0. The lowest BCUT2D eigenvalue weighted by molar-refractivity contribution is 0.0769. The van der Waals surface area contributed by atoms with Gasteiger partial charge in [0.2, 0.25) is 0 Å².